The Morgan fingerprint density at radius 3 is 2.75 bits per heavy atom. The molecule has 1 heterocycles. The molecule has 88 valence electrons. The van der Waals surface area contributed by atoms with E-state index < -0.39 is 5.60 Å². The molecule has 0 bridgehead atoms. The van der Waals surface area contributed by atoms with E-state index in [1.807, 2.05) is 0 Å². The maximum absolute atomic E-state index is 10.1. The second-order valence-electron chi connectivity index (χ2n) is 4.12. The molecule has 1 fully saturated rings. The Kier molecular flexibility index (Phi) is 3.52. The van der Waals surface area contributed by atoms with Crippen molar-refractivity contribution in [3.63, 3.8) is 0 Å². The number of hydrogen-bond donors (Lipinski definition) is 2. The van der Waals surface area contributed by atoms with Gasteiger partial charge in [-0.15, -0.1) is 0 Å². The van der Waals surface area contributed by atoms with E-state index >= 15 is 0 Å². The lowest BCUT2D eigenvalue weighted by Crippen LogP contribution is -2.33. The lowest BCUT2D eigenvalue weighted by atomic mass is 10.0. The minimum absolute atomic E-state index is 0.144. The first-order valence-electron chi connectivity index (χ1n) is 5.23. The quantitative estimate of drug-likeness (QED) is 0.822. The third kappa shape index (κ3) is 2.75. The number of halogens is 2. The van der Waals surface area contributed by atoms with Crippen LogP contribution in [0.25, 0.3) is 0 Å². The highest BCUT2D eigenvalue weighted by molar-refractivity contribution is 6.33. The van der Waals surface area contributed by atoms with Crippen LogP contribution < -0.4 is 5.32 Å². The van der Waals surface area contributed by atoms with Gasteiger partial charge < -0.3 is 10.4 Å². The highest BCUT2D eigenvalue weighted by Gasteiger charge is 2.30. The largest absolute Gasteiger partial charge is 0.388 e. The number of nitrogens with zero attached hydrogens (tertiary/aromatic N) is 2. The van der Waals surface area contributed by atoms with Crippen LogP contribution in [0.3, 0.4) is 0 Å². The minimum atomic E-state index is -0.638. The molecule has 0 amide bonds. The molecule has 1 aliphatic rings. The molecular weight excluding hydrogens is 249 g/mol. The third-order valence-corrected chi connectivity index (χ3v) is 3.29. The van der Waals surface area contributed by atoms with E-state index in [1.165, 1.54) is 6.20 Å². The molecule has 1 aromatic heterocycles. The van der Waals surface area contributed by atoms with Gasteiger partial charge in [0, 0.05) is 6.54 Å². The lowest BCUT2D eigenvalue weighted by molar-refractivity contribution is 0.0614. The Bertz CT molecular complexity index is 380. The van der Waals surface area contributed by atoms with Gasteiger partial charge in [-0.1, -0.05) is 24.4 Å². The van der Waals surface area contributed by atoms with Crippen LogP contribution in [-0.4, -0.2) is 27.2 Å². The molecule has 0 aromatic carbocycles. The summed E-state index contributed by atoms with van der Waals surface area (Å²) >= 11 is 11.6. The molecule has 0 spiro atoms. The average Bonchev–Trinajstić information content (AvgIpc) is 2.67. The molecule has 0 atom stereocenters. The van der Waals surface area contributed by atoms with Crippen LogP contribution in [0.5, 0.6) is 0 Å². The molecule has 0 radical (unpaired) electrons. The highest BCUT2D eigenvalue weighted by Crippen LogP contribution is 2.30. The second-order valence-corrected chi connectivity index (χ2v) is 4.87. The molecule has 1 aliphatic carbocycles. The van der Waals surface area contributed by atoms with Gasteiger partial charge in [0.15, 0.2) is 0 Å². The fourth-order valence-corrected chi connectivity index (χ4v) is 2.22. The molecule has 0 unspecified atom stereocenters. The molecule has 2 rings (SSSR count). The summed E-state index contributed by atoms with van der Waals surface area (Å²) in [7, 11) is 0. The number of aliphatic hydroxyl groups is 1. The summed E-state index contributed by atoms with van der Waals surface area (Å²) in [6.45, 7) is 0.445. The molecule has 1 aromatic rings. The standard InChI is InChI=1S/C10H13Cl2N3O/c11-7-5-13-9(12)15-8(7)14-6-10(16)3-1-2-4-10/h5,16H,1-4,6H2,(H,13,14,15). The average molecular weight is 262 g/mol. The Hall–Kier alpha value is -0.580. The predicted octanol–water partition coefficient (Wildman–Crippen LogP) is 2.50. The molecule has 0 aliphatic heterocycles. The Balaban J connectivity index is 2.01. The first kappa shape index (κ1) is 11.9. The van der Waals surface area contributed by atoms with E-state index in [4.69, 9.17) is 23.2 Å². The molecule has 6 heteroatoms. The van der Waals surface area contributed by atoms with Crippen LogP contribution >= 0.6 is 23.2 Å². The van der Waals surface area contributed by atoms with Crippen LogP contribution in [0.1, 0.15) is 25.7 Å². The van der Waals surface area contributed by atoms with Crippen molar-refractivity contribution in [3.8, 4) is 0 Å². The predicted molar refractivity (Wildman–Crippen MR) is 64.0 cm³/mol. The van der Waals surface area contributed by atoms with Crippen molar-refractivity contribution >= 4 is 29.0 Å². The summed E-state index contributed by atoms with van der Waals surface area (Å²) in [5, 5.41) is 13.7. The molecular formula is C10H13Cl2N3O. The Morgan fingerprint density at radius 1 is 1.38 bits per heavy atom. The van der Waals surface area contributed by atoms with Crippen LogP contribution in [0.4, 0.5) is 5.82 Å². The van der Waals surface area contributed by atoms with Gasteiger partial charge in [-0.3, -0.25) is 0 Å². The SMILES string of the molecule is OC1(CNc2nc(Cl)ncc2Cl)CCCC1. The Labute approximate surface area is 104 Å². The first-order valence-corrected chi connectivity index (χ1v) is 5.99. The van der Waals surface area contributed by atoms with Crippen molar-refractivity contribution in [1.82, 2.24) is 9.97 Å². The molecule has 2 N–H and O–H groups in total. The number of aromatic nitrogens is 2. The number of anilines is 1. The van der Waals surface area contributed by atoms with E-state index in [2.05, 4.69) is 15.3 Å². The second kappa shape index (κ2) is 4.73. The maximum atomic E-state index is 10.1. The fourth-order valence-electron chi connectivity index (χ4n) is 1.93. The minimum Gasteiger partial charge on any atom is -0.388 e. The van der Waals surface area contributed by atoms with Crippen molar-refractivity contribution in [2.45, 2.75) is 31.3 Å². The summed E-state index contributed by atoms with van der Waals surface area (Å²) < 4.78 is 0. The van der Waals surface area contributed by atoms with Crippen LogP contribution in [0.15, 0.2) is 6.20 Å². The molecule has 0 saturated heterocycles. The van der Waals surface area contributed by atoms with Gasteiger partial charge in [-0.2, -0.15) is 4.98 Å². The third-order valence-electron chi connectivity index (χ3n) is 2.83. The highest BCUT2D eigenvalue weighted by atomic mass is 35.5. The van der Waals surface area contributed by atoms with E-state index in [1.54, 1.807) is 0 Å². The van der Waals surface area contributed by atoms with Gasteiger partial charge in [-0.25, -0.2) is 4.98 Å². The smallest absolute Gasteiger partial charge is 0.224 e. The summed E-state index contributed by atoms with van der Waals surface area (Å²) in [5.74, 6) is 0.474. The van der Waals surface area contributed by atoms with Crippen LogP contribution in [0, 0.1) is 0 Å². The summed E-state index contributed by atoms with van der Waals surface area (Å²) in [6, 6.07) is 0. The first-order chi connectivity index (χ1) is 7.59. The van der Waals surface area contributed by atoms with E-state index in [0.717, 1.165) is 25.7 Å². The maximum Gasteiger partial charge on any atom is 0.224 e. The normalized spacial score (nSPS) is 18.7. The van der Waals surface area contributed by atoms with Crippen LogP contribution in [-0.2, 0) is 0 Å². The van der Waals surface area contributed by atoms with Crippen molar-refractivity contribution in [2.75, 3.05) is 11.9 Å². The topological polar surface area (TPSA) is 58.0 Å². The van der Waals surface area contributed by atoms with Crippen molar-refractivity contribution in [1.29, 1.82) is 0 Å². The van der Waals surface area contributed by atoms with Gasteiger partial charge in [-0.05, 0) is 24.4 Å². The zero-order valence-corrected chi connectivity index (χ0v) is 10.2. The summed E-state index contributed by atoms with van der Waals surface area (Å²) in [5.41, 5.74) is -0.638. The molecule has 16 heavy (non-hydrogen) atoms. The lowest BCUT2D eigenvalue weighted by Gasteiger charge is -2.22. The van der Waals surface area contributed by atoms with E-state index in [0.29, 0.717) is 17.4 Å². The van der Waals surface area contributed by atoms with Gasteiger partial charge in [0.25, 0.3) is 0 Å². The molecule has 1 saturated carbocycles. The van der Waals surface area contributed by atoms with E-state index in [9.17, 15) is 5.11 Å². The summed E-state index contributed by atoms with van der Waals surface area (Å²) in [4.78, 5) is 7.72. The zero-order chi connectivity index (χ0) is 11.6. The van der Waals surface area contributed by atoms with Crippen LogP contribution in [0.2, 0.25) is 10.3 Å². The van der Waals surface area contributed by atoms with Gasteiger partial charge in [0.1, 0.15) is 10.8 Å². The van der Waals surface area contributed by atoms with E-state index in [-0.39, 0.29) is 5.28 Å². The molecule has 4 nitrogen and oxygen atoms in total. The van der Waals surface area contributed by atoms with Gasteiger partial charge in [0.05, 0.1) is 11.8 Å². The monoisotopic (exact) mass is 261 g/mol. The van der Waals surface area contributed by atoms with Crippen molar-refractivity contribution in [2.24, 2.45) is 0 Å². The number of rotatable bonds is 3. The van der Waals surface area contributed by atoms with Gasteiger partial charge >= 0.3 is 0 Å². The number of nitrogens with one attached hydrogen (secondary N) is 1. The zero-order valence-electron chi connectivity index (χ0n) is 8.71. The Morgan fingerprint density at radius 2 is 2.06 bits per heavy atom. The van der Waals surface area contributed by atoms with Gasteiger partial charge in [0.2, 0.25) is 5.28 Å². The summed E-state index contributed by atoms with van der Waals surface area (Å²) in [6.07, 6.45) is 5.21. The van der Waals surface area contributed by atoms with Crippen molar-refractivity contribution in [3.05, 3.63) is 16.5 Å². The number of hydrogen-bond acceptors (Lipinski definition) is 4. The van der Waals surface area contributed by atoms with Crippen molar-refractivity contribution < 1.29 is 5.11 Å². The fraction of sp³-hybridized carbons (Fsp3) is 0.600.